The molecule has 2 rings (SSSR count). The van der Waals surface area contributed by atoms with Crippen molar-refractivity contribution in [2.45, 2.75) is 25.3 Å². The van der Waals surface area contributed by atoms with Gasteiger partial charge in [-0.1, -0.05) is 0 Å². The summed E-state index contributed by atoms with van der Waals surface area (Å²) < 4.78 is 0. The Balaban J connectivity index is 1.77. The van der Waals surface area contributed by atoms with Gasteiger partial charge in [0, 0.05) is 31.6 Å². The van der Waals surface area contributed by atoms with Gasteiger partial charge in [0.25, 0.3) is 5.69 Å². The standard InChI is InChI=1S/C13H18N4O4/c18-13(19)2-1-6-16-7-5-10(9-16)15-12-4-3-11(8-14-12)17(20)21/h3-4,8,10H,1-2,5-7,9H2,(H,14,15)(H,18,19). The summed E-state index contributed by atoms with van der Waals surface area (Å²) in [6.07, 6.45) is 3.03. The number of pyridine rings is 1. The minimum absolute atomic E-state index is 0.0257. The van der Waals surface area contributed by atoms with Crippen LogP contribution in [-0.2, 0) is 4.79 Å². The van der Waals surface area contributed by atoms with E-state index in [4.69, 9.17) is 5.11 Å². The summed E-state index contributed by atoms with van der Waals surface area (Å²) in [5.74, 6) is -0.142. The lowest BCUT2D eigenvalue weighted by molar-refractivity contribution is -0.385. The number of hydrogen-bond acceptors (Lipinski definition) is 6. The molecule has 8 nitrogen and oxygen atoms in total. The Bertz CT molecular complexity index is 505. The Morgan fingerprint density at radius 1 is 1.57 bits per heavy atom. The zero-order valence-corrected chi connectivity index (χ0v) is 11.6. The molecule has 21 heavy (non-hydrogen) atoms. The van der Waals surface area contributed by atoms with E-state index in [1.165, 1.54) is 12.3 Å². The van der Waals surface area contributed by atoms with Crippen LogP contribution in [0.1, 0.15) is 19.3 Å². The number of carboxylic acid groups (broad SMARTS) is 1. The highest BCUT2D eigenvalue weighted by atomic mass is 16.6. The molecule has 1 aliphatic rings. The number of likely N-dealkylation sites (tertiary alicyclic amines) is 1. The summed E-state index contributed by atoms with van der Waals surface area (Å²) in [6, 6.07) is 3.27. The smallest absolute Gasteiger partial charge is 0.303 e. The first-order valence-electron chi connectivity index (χ1n) is 6.86. The quantitative estimate of drug-likeness (QED) is 0.577. The lowest BCUT2D eigenvalue weighted by atomic mass is 10.2. The Labute approximate surface area is 121 Å². The number of aliphatic carboxylic acids is 1. The lowest BCUT2D eigenvalue weighted by Crippen LogP contribution is -2.27. The van der Waals surface area contributed by atoms with Crippen LogP contribution in [0.4, 0.5) is 11.5 Å². The Morgan fingerprint density at radius 3 is 3.00 bits per heavy atom. The van der Waals surface area contributed by atoms with E-state index in [-0.39, 0.29) is 18.2 Å². The van der Waals surface area contributed by atoms with Crippen LogP contribution in [0.3, 0.4) is 0 Å². The number of nitrogens with zero attached hydrogens (tertiary/aromatic N) is 3. The van der Waals surface area contributed by atoms with Crippen LogP contribution in [0.25, 0.3) is 0 Å². The number of carboxylic acids is 1. The first kappa shape index (κ1) is 15.2. The fraction of sp³-hybridized carbons (Fsp3) is 0.538. The molecule has 0 radical (unpaired) electrons. The third kappa shape index (κ3) is 4.67. The van der Waals surface area contributed by atoms with Crippen molar-refractivity contribution in [2.24, 2.45) is 0 Å². The van der Waals surface area contributed by atoms with Gasteiger partial charge in [0.05, 0.1) is 4.92 Å². The predicted octanol–water partition coefficient (Wildman–Crippen LogP) is 1.34. The summed E-state index contributed by atoms with van der Waals surface area (Å²) in [5, 5.41) is 22.4. The Morgan fingerprint density at radius 2 is 2.38 bits per heavy atom. The van der Waals surface area contributed by atoms with Crippen LogP contribution in [0.5, 0.6) is 0 Å². The maximum absolute atomic E-state index is 10.5. The van der Waals surface area contributed by atoms with E-state index in [2.05, 4.69) is 15.2 Å². The summed E-state index contributed by atoms with van der Waals surface area (Å²) in [5.41, 5.74) is -0.0257. The molecular formula is C13H18N4O4. The van der Waals surface area contributed by atoms with Crippen LogP contribution in [0.2, 0.25) is 0 Å². The average molecular weight is 294 g/mol. The zero-order chi connectivity index (χ0) is 15.2. The molecule has 114 valence electrons. The summed E-state index contributed by atoms with van der Waals surface area (Å²) in [6.45, 7) is 2.53. The van der Waals surface area contributed by atoms with Crippen molar-refractivity contribution in [3.05, 3.63) is 28.4 Å². The lowest BCUT2D eigenvalue weighted by Gasteiger charge is -2.16. The maximum atomic E-state index is 10.5. The van der Waals surface area contributed by atoms with Gasteiger partial charge in [-0.05, 0) is 25.5 Å². The molecule has 1 aromatic rings. The fourth-order valence-corrected chi connectivity index (χ4v) is 2.40. The van der Waals surface area contributed by atoms with Crippen molar-refractivity contribution in [3.63, 3.8) is 0 Å². The van der Waals surface area contributed by atoms with Crippen molar-refractivity contribution in [1.29, 1.82) is 0 Å². The van der Waals surface area contributed by atoms with E-state index < -0.39 is 10.9 Å². The highest BCUT2D eigenvalue weighted by Crippen LogP contribution is 2.17. The molecule has 0 aromatic carbocycles. The van der Waals surface area contributed by atoms with Crippen molar-refractivity contribution < 1.29 is 14.8 Å². The first-order chi connectivity index (χ1) is 10.0. The van der Waals surface area contributed by atoms with Gasteiger partial charge in [0.2, 0.25) is 0 Å². The number of carbonyl (C=O) groups is 1. The number of anilines is 1. The molecule has 1 aliphatic heterocycles. The van der Waals surface area contributed by atoms with Gasteiger partial charge in [-0.3, -0.25) is 14.9 Å². The SMILES string of the molecule is O=C(O)CCCN1CCC(Nc2ccc([N+](=O)[O-])cn2)C1. The molecule has 0 amide bonds. The molecule has 1 fully saturated rings. The van der Waals surface area contributed by atoms with Crippen molar-refractivity contribution in [1.82, 2.24) is 9.88 Å². The van der Waals surface area contributed by atoms with Gasteiger partial charge >= 0.3 is 5.97 Å². The van der Waals surface area contributed by atoms with Gasteiger partial charge in [-0.15, -0.1) is 0 Å². The van der Waals surface area contributed by atoms with E-state index in [9.17, 15) is 14.9 Å². The Kier molecular flexibility index (Phi) is 5.04. The van der Waals surface area contributed by atoms with Gasteiger partial charge in [0.1, 0.15) is 12.0 Å². The number of aromatic nitrogens is 1. The van der Waals surface area contributed by atoms with Gasteiger partial charge < -0.3 is 15.3 Å². The molecule has 1 saturated heterocycles. The number of hydrogen-bond donors (Lipinski definition) is 2. The fourth-order valence-electron chi connectivity index (χ4n) is 2.40. The molecular weight excluding hydrogens is 276 g/mol. The predicted molar refractivity (Wildman–Crippen MR) is 76.2 cm³/mol. The van der Waals surface area contributed by atoms with Crippen LogP contribution in [0, 0.1) is 10.1 Å². The molecule has 2 N–H and O–H groups in total. The number of rotatable bonds is 7. The second-order valence-electron chi connectivity index (χ2n) is 5.09. The van der Waals surface area contributed by atoms with Gasteiger partial charge in [-0.2, -0.15) is 0 Å². The topological polar surface area (TPSA) is 109 Å². The molecule has 8 heteroatoms. The van der Waals surface area contributed by atoms with E-state index in [1.54, 1.807) is 6.07 Å². The van der Waals surface area contributed by atoms with E-state index in [0.717, 1.165) is 26.1 Å². The number of nitro groups is 1. The molecule has 0 spiro atoms. The first-order valence-corrected chi connectivity index (χ1v) is 6.86. The molecule has 1 atom stereocenters. The van der Waals surface area contributed by atoms with Crippen LogP contribution >= 0.6 is 0 Å². The van der Waals surface area contributed by atoms with E-state index in [0.29, 0.717) is 12.2 Å². The van der Waals surface area contributed by atoms with E-state index in [1.807, 2.05) is 0 Å². The Hall–Kier alpha value is -2.22. The van der Waals surface area contributed by atoms with Crippen molar-refractivity contribution >= 4 is 17.5 Å². The second kappa shape index (κ2) is 6.98. The summed E-state index contributed by atoms with van der Waals surface area (Å²) in [4.78, 5) is 26.8. The average Bonchev–Trinajstić information content (AvgIpc) is 2.86. The largest absolute Gasteiger partial charge is 0.481 e. The molecule has 1 unspecified atom stereocenters. The van der Waals surface area contributed by atoms with Gasteiger partial charge in [0.15, 0.2) is 0 Å². The second-order valence-corrected chi connectivity index (χ2v) is 5.09. The highest BCUT2D eigenvalue weighted by molar-refractivity contribution is 5.66. The van der Waals surface area contributed by atoms with Crippen LogP contribution in [0.15, 0.2) is 18.3 Å². The molecule has 0 aliphatic carbocycles. The zero-order valence-electron chi connectivity index (χ0n) is 11.6. The molecule has 2 heterocycles. The normalized spacial score (nSPS) is 18.6. The maximum Gasteiger partial charge on any atom is 0.303 e. The van der Waals surface area contributed by atoms with Crippen molar-refractivity contribution in [2.75, 3.05) is 25.0 Å². The van der Waals surface area contributed by atoms with Gasteiger partial charge in [-0.25, -0.2) is 4.98 Å². The molecule has 1 aromatic heterocycles. The minimum Gasteiger partial charge on any atom is -0.481 e. The van der Waals surface area contributed by atoms with E-state index >= 15 is 0 Å². The molecule has 0 bridgehead atoms. The van der Waals surface area contributed by atoms with Crippen LogP contribution in [-0.4, -0.2) is 51.6 Å². The highest BCUT2D eigenvalue weighted by Gasteiger charge is 2.22. The monoisotopic (exact) mass is 294 g/mol. The summed E-state index contributed by atoms with van der Waals surface area (Å²) >= 11 is 0. The molecule has 0 saturated carbocycles. The van der Waals surface area contributed by atoms with Crippen LogP contribution < -0.4 is 5.32 Å². The third-order valence-electron chi connectivity index (χ3n) is 3.45. The third-order valence-corrected chi connectivity index (χ3v) is 3.45. The van der Waals surface area contributed by atoms with Crippen molar-refractivity contribution in [3.8, 4) is 0 Å². The number of nitrogens with one attached hydrogen (secondary N) is 1. The summed E-state index contributed by atoms with van der Waals surface area (Å²) in [7, 11) is 0. The minimum atomic E-state index is -0.765.